The zero-order valence-electron chi connectivity index (χ0n) is 19.0. The van der Waals surface area contributed by atoms with Gasteiger partial charge in [-0.2, -0.15) is 0 Å². The molecule has 0 amide bonds. The SMILES string of the molecule is CC1(C)c2ccccc2Sc2cccc(-c3cccc(C(N)OC(=N)C4=CCCC=C4)c3)c21. The van der Waals surface area contributed by atoms with Gasteiger partial charge >= 0.3 is 0 Å². The largest absolute Gasteiger partial charge is 0.454 e. The number of fused-ring (bicyclic) bond motifs is 2. The van der Waals surface area contributed by atoms with Crippen molar-refractivity contribution in [3.8, 4) is 11.1 Å². The quantitative estimate of drug-likeness (QED) is 0.247. The minimum absolute atomic E-state index is 0.120. The highest BCUT2D eigenvalue weighted by Gasteiger charge is 2.35. The van der Waals surface area contributed by atoms with E-state index in [1.54, 1.807) is 0 Å². The zero-order valence-corrected chi connectivity index (χ0v) is 19.8. The molecular weight excluding hydrogens is 424 g/mol. The van der Waals surface area contributed by atoms with Crippen LogP contribution in [0.2, 0.25) is 0 Å². The van der Waals surface area contributed by atoms with Crippen molar-refractivity contribution in [1.82, 2.24) is 0 Å². The Morgan fingerprint density at radius 1 is 1.00 bits per heavy atom. The Kier molecular flexibility index (Phi) is 5.73. The lowest BCUT2D eigenvalue weighted by Crippen LogP contribution is -2.24. The number of hydrogen-bond acceptors (Lipinski definition) is 4. The Morgan fingerprint density at radius 3 is 2.61 bits per heavy atom. The van der Waals surface area contributed by atoms with E-state index < -0.39 is 6.23 Å². The Labute approximate surface area is 199 Å². The predicted octanol–water partition coefficient (Wildman–Crippen LogP) is 7.37. The molecule has 3 aromatic carbocycles. The number of nitrogens with two attached hydrogens (primary N) is 1. The van der Waals surface area contributed by atoms with Crippen LogP contribution in [-0.4, -0.2) is 5.90 Å². The highest BCUT2D eigenvalue weighted by molar-refractivity contribution is 7.99. The molecule has 2 aliphatic rings. The van der Waals surface area contributed by atoms with E-state index in [1.165, 1.54) is 26.5 Å². The van der Waals surface area contributed by atoms with Gasteiger partial charge in [-0.05, 0) is 53.3 Å². The lowest BCUT2D eigenvalue weighted by molar-refractivity contribution is 0.199. The van der Waals surface area contributed by atoms with E-state index >= 15 is 0 Å². The predicted molar refractivity (Wildman–Crippen MR) is 137 cm³/mol. The van der Waals surface area contributed by atoms with Gasteiger partial charge in [0.1, 0.15) is 0 Å². The topological polar surface area (TPSA) is 59.1 Å². The molecule has 1 heterocycles. The number of ether oxygens (including phenoxy) is 1. The monoisotopic (exact) mass is 452 g/mol. The molecule has 3 N–H and O–H groups in total. The van der Waals surface area contributed by atoms with Crippen molar-refractivity contribution in [1.29, 1.82) is 5.41 Å². The Hall–Kier alpha value is -3.08. The van der Waals surface area contributed by atoms with Gasteiger partial charge in [0, 0.05) is 26.3 Å². The Balaban J connectivity index is 1.49. The average molecular weight is 453 g/mol. The summed E-state index contributed by atoms with van der Waals surface area (Å²) >= 11 is 1.84. The number of nitrogens with one attached hydrogen (secondary N) is 1. The molecule has 1 aliphatic carbocycles. The van der Waals surface area contributed by atoms with Crippen LogP contribution in [0.15, 0.2) is 100 Å². The fraction of sp³-hybridized carbons (Fsp3) is 0.207. The van der Waals surface area contributed by atoms with Crippen molar-refractivity contribution in [3.05, 3.63) is 107 Å². The van der Waals surface area contributed by atoms with Crippen LogP contribution in [0.25, 0.3) is 11.1 Å². The van der Waals surface area contributed by atoms with Gasteiger partial charge in [-0.15, -0.1) is 0 Å². The van der Waals surface area contributed by atoms with E-state index in [4.69, 9.17) is 15.9 Å². The molecule has 33 heavy (non-hydrogen) atoms. The van der Waals surface area contributed by atoms with Crippen LogP contribution in [0, 0.1) is 5.41 Å². The van der Waals surface area contributed by atoms with Crippen molar-refractivity contribution >= 4 is 17.7 Å². The second-order valence-electron chi connectivity index (χ2n) is 9.03. The molecule has 3 aromatic rings. The highest BCUT2D eigenvalue weighted by Crippen LogP contribution is 2.52. The Bertz CT molecular complexity index is 1290. The van der Waals surface area contributed by atoms with Crippen molar-refractivity contribution in [3.63, 3.8) is 0 Å². The smallest absolute Gasteiger partial charge is 0.214 e. The first-order chi connectivity index (χ1) is 15.9. The summed E-state index contributed by atoms with van der Waals surface area (Å²) in [4.78, 5) is 2.61. The molecule has 3 nitrogen and oxygen atoms in total. The molecule has 5 rings (SSSR count). The number of rotatable bonds is 4. The maximum Gasteiger partial charge on any atom is 0.214 e. The molecule has 166 valence electrons. The van der Waals surface area contributed by atoms with Crippen LogP contribution in [0.1, 0.15) is 49.6 Å². The first-order valence-corrected chi connectivity index (χ1v) is 12.2. The van der Waals surface area contributed by atoms with Gasteiger partial charge in [-0.1, -0.05) is 92.4 Å². The third kappa shape index (κ3) is 4.05. The van der Waals surface area contributed by atoms with Crippen molar-refractivity contribution in [2.45, 2.75) is 48.1 Å². The number of hydrogen-bond donors (Lipinski definition) is 2. The van der Waals surface area contributed by atoms with Crippen LogP contribution in [0.4, 0.5) is 0 Å². The summed E-state index contributed by atoms with van der Waals surface area (Å²) in [5, 5.41) is 8.30. The van der Waals surface area contributed by atoms with Crippen LogP contribution in [0.5, 0.6) is 0 Å². The van der Waals surface area contributed by atoms with Crippen LogP contribution in [0.3, 0.4) is 0 Å². The van der Waals surface area contributed by atoms with Gasteiger partial charge in [-0.25, -0.2) is 0 Å². The average Bonchev–Trinajstić information content (AvgIpc) is 2.84. The first-order valence-electron chi connectivity index (χ1n) is 11.3. The molecule has 1 atom stereocenters. The van der Waals surface area contributed by atoms with Gasteiger partial charge in [0.25, 0.3) is 0 Å². The van der Waals surface area contributed by atoms with Gasteiger partial charge < -0.3 is 4.74 Å². The minimum atomic E-state index is -0.698. The number of allylic oxidation sites excluding steroid dienone is 2. The maximum absolute atomic E-state index is 8.30. The minimum Gasteiger partial charge on any atom is -0.454 e. The highest BCUT2D eigenvalue weighted by atomic mass is 32.2. The second-order valence-corrected chi connectivity index (χ2v) is 10.1. The van der Waals surface area contributed by atoms with Crippen molar-refractivity contribution in [2.75, 3.05) is 0 Å². The van der Waals surface area contributed by atoms with E-state index in [0.717, 1.165) is 29.5 Å². The lowest BCUT2D eigenvalue weighted by atomic mass is 9.74. The standard InChI is InChI=1S/C29H28N2OS/c1-29(2)23-15-6-7-16-24(23)33-25-17-9-14-22(26(25)29)20-12-8-13-21(18-20)28(31)32-27(30)19-10-4-3-5-11-19/h4,6-18,28,30H,3,5,31H2,1-2H3. The number of benzene rings is 3. The summed E-state index contributed by atoms with van der Waals surface area (Å²) in [7, 11) is 0. The van der Waals surface area contributed by atoms with Gasteiger partial charge in [-0.3, -0.25) is 11.1 Å². The molecule has 0 saturated carbocycles. The van der Waals surface area contributed by atoms with E-state index in [-0.39, 0.29) is 11.3 Å². The summed E-state index contributed by atoms with van der Waals surface area (Å²) in [5.41, 5.74) is 12.9. The first kappa shape index (κ1) is 21.7. The summed E-state index contributed by atoms with van der Waals surface area (Å²) in [6.45, 7) is 4.61. The third-order valence-corrected chi connectivity index (χ3v) is 7.60. The van der Waals surface area contributed by atoms with E-state index in [2.05, 4.69) is 74.5 Å². The maximum atomic E-state index is 8.30. The van der Waals surface area contributed by atoms with E-state index in [0.29, 0.717) is 0 Å². The summed E-state index contributed by atoms with van der Waals surface area (Å²) < 4.78 is 5.80. The molecule has 0 radical (unpaired) electrons. The van der Waals surface area contributed by atoms with Gasteiger partial charge in [0.15, 0.2) is 6.23 Å². The molecule has 1 unspecified atom stereocenters. The molecular formula is C29H28N2OS. The lowest BCUT2D eigenvalue weighted by Gasteiger charge is -2.36. The second kappa shape index (κ2) is 8.69. The molecule has 0 fully saturated rings. The molecule has 0 aromatic heterocycles. The molecule has 0 spiro atoms. The normalized spacial score (nSPS) is 16.9. The van der Waals surface area contributed by atoms with E-state index in [9.17, 15) is 0 Å². The van der Waals surface area contributed by atoms with Crippen molar-refractivity contribution < 1.29 is 4.74 Å². The molecule has 1 aliphatic heterocycles. The molecule has 0 bridgehead atoms. The van der Waals surface area contributed by atoms with Crippen molar-refractivity contribution in [2.24, 2.45) is 5.73 Å². The van der Waals surface area contributed by atoms with Crippen LogP contribution in [-0.2, 0) is 10.2 Å². The summed E-state index contributed by atoms with van der Waals surface area (Å²) in [5.74, 6) is 0.120. The fourth-order valence-corrected chi connectivity index (χ4v) is 6.19. The fourth-order valence-electron chi connectivity index (χ4n) is 4.75. The van der Waals surface area contributed by atoms with Gasteiger partial charge in [0.2, 0.25) is 5.90 Å². The Morgan fingerprint density at radius 2 is 1.79 bits per heavy atom. The summed E-state index contributed by atoms with van der Waals surface area (Å²) in [6.07, 6.45) is 7.26. The summed E-state index contributed by atoms with van der Waals surface area (Å²) in [6, 6.07) is 23.4. The molecule has 0 saturated heterocycles. The molecule has 4 heteroatoms. The van der Waals surface area contributed by atoms with E-state index in [1.807, 2.05) is 36.0 Å². The van der Waals surface area contributed by atoms with Crippen LogP contribution >= 0.6 is 11.8 Å². The van der Waals surface area contributed by atoms with Gasteiger partial charge in [0.05, 0.1) is 0 Å². The zero-order chi connectivity index (χ0) is 23.0. The van der Waals surface area contributed by atoms with Crippen LogP contribution < -0.4 is 5.73 Å². The third-order valence-electron chi connectivity index (χ3n) is 6.46.